The molecule has 1 aliphatic heterocycles. The van der Waals surface area contributed by atoms with Gasteiger partial charge in [-0.2, -0.15) is 8.42 Å². The fraction of sp³-hybridized carbons (Fsp3) is 0.677. The van der Waals surface area contributed by atoms with Gasteiger partial charge in [0.05, 0.1) is 18.1 Å². The Morgan fingerprint density at radius 1 is 1.04 bits per heavy atom. The van der Waals surface area contributed by atoms with Crippen molar-refractivity contribution in [3.63, 3.8) is 0 Å². The summed E-state index contributed by atoms with van der Waals surface area (Å²) in [5, 5.41) is 5.54. The Morgan fingerprint density at radius 3 is 2.24 bits per heavy atom. The van der Waals surface area contributed by atoms with E-state index in [2.05, 4.69) is 26.6 Å². The maximum atomic E-state index is 14.2. The van der Waals surface area contributed by atoms with Crippen LogP contribution in [0.25, 0.3) is 0 Å². The summed E-state index contributed by atoms with van der Waals surface area (Å²) in [5.74, 6) is -0.725. The fourth-order valence-electron chi connectivity index (χ4n) is 6.83. The predicted octanol–water partition coefficient (Wildman–Crippen LogP) is 3.52. The lowest BCUT2D eigenvalue weighted by atomic mass is 9.85. The number of rotatable bonds is 10. The highest BCUT2D eigenvalue weighted by Crippen LogP contribution is 2.52. The number of halogens is 1. The Hall–Kier alpha value is -2.71. The van der Waals surface area contributed by atoms with E-state index in [0.29, 0.717) is 29.2 Å². The maximum absolute atomic E-state index is 14.2. The first-order valence-corrected chi connectivity index (χ1v) is 17.6. The van der Waals surface area contributed by atoms with E-state index >= 15 is 0 Å². The van der Waals surface area contributed by atoms with Crippen molar-refractivity contribution in [1.29, 1.82) is 0 Å². The quantitative estimate of drug-likeness (QED) is 0.274. The minimum Gasteiger partial charge on any atom is -0.467 e. The van der Waals surface area contributed by atoms with E-state index in [1.54, 1.807) is 32.9 Å². The average Bonchev–Trinajstić information content (AvgIpc) is 3.78. The van der Waals surface area contributed by atoms with Crippen LogP contribution in [-0.2, 0) is 38.2 Å². The maximum Gasteiger partial charge on any atom is 0.408 e. The van der Waals surface area contributed by atoms with Gasteiger partial charge in [0.15, 0.2) is 0 Å². The Kier molecular flexibility index (Phi) is 9.33. The van der Waals surface area contributed by atoms with Crippen LogP contribution in [0.2, 0.25) is 0 Å². The first-order valence-electron chi connectivity index (χ1n) is 15.4. The molecule has 0 aromatic heterocycles. The van der Waals surface area contributed by atoms with E-state index in [4.69, 9.17) is 13.7 Å². The second-order valence-electron chi connectivity index (χ2n) is 13.8. The summed E-state index contributed by atoms with van der Waals surface area (Å²) >= 11 is 3.28. The number of alkyl carbamates (subject to hydrolysis) is 1. The number of ether oxygens (including phenoxy) is 2. The van der Waals surface area contributed by atoms with E-state index in [1.807, 2.05) is 6.92 Å². The van der Waals surface area contributed by atoms with Crippen molar-refractivity contribution in [2.75, 3.05) is 13.7 Å². The predicted molar refractivity (Wildman–Crippen MR) is 165 cm³/mol. The largest absolute Gasteiger partial charge is 0.467 e. The molecule has 0 radical (unpaired) electrons. The molecule has 1 heterocycles. The molecule has 3 aliphatic carbocycles. The molecule has 1 saturated heterocycles. The standard InChI is InChI=1S/C31H42BrN3O9S/c1-6-19-15-31(19,28(38)42-5)34-26(36)24-14-22(44-45(40,41)23-9-7-20(32)8-10-23)16-35(24)27(37)25(30(2,3)4)33-29(39)43-21-12-17-11-18(17)13-21/h7-10,17-19,21-22,24-25H,6,11-16H2,1-5H3,(H,33,39)(H,34,36)/t17-,18?,19+,21?,22-,24-,25-,31?/m0/s1. The normalized spacial score (nSPS) is 31.0. The van der Waals surface area contributed by atoms with Crippen molar-refractivity contribution in [1.82, 2.24) is 15.5 Å². The molecule has 1 aromatic carbocycles. The second kappa shape index (κ2) is 12.5. The van der Waals surface area contributed by atoms with Gasteiger partial charge in [-0.05, 0) is 73.1 Å². The molecule has 45 heavy (non-hydrogen) atoms. The van der Waals surface area contributed by atoms with E-state index in [-0.39, 0.29) is 29.9 Å². The number of nitrogens with one attached hydrogen (secondary N) is 2. The van der Waals surface area contributed by atoms with Crippen LogP contribution >= 0.6 is 15.9 Å². The Labute approximate surface area is 272 Å². The summed E-state index contributed by atoms with van der Waals surface area (Å²) in [6.45, 7) is 7.00. The number of amides is 3. The van der Waals surface area contributed by atoms with Crippen molar-refractivity contribution in [3.8, 4) is 0 Å². The van der Waals surface area contributed by atoms with Crippen molar-refractivity contribution in [3.05, 3.63) is 28.7 Å². The van der Waals surface area contributed by atoms with Gasteiger partial charge in [0.1, 0.15) is 23.7 Å². The molecule has 0 bridgehead atoms. The van der Waals surface area contributed by atoms with Crippen molar-refractivity contribution < 1.29 is 41.3 Å². The number of carbonyl (C=O) groups excluding carboxylic acids is 4. The van der Waals surface area contributed by atoms with Crippen LogP contribution in [0.1, 0.15) is 66.2 Å². The number of methoxy groups -OCH3 is 1. The zero-order valence-electron chi connectivity index (χ0n) is 26.2. The van der Waals surface area contributed by atoms with Crippen LogP contribution in [0.5, 0.6) is 0 Å². The number of fused-ring (bicyclic) bond motifs is 1. The van der Waals surface area contributed by atoms with Gasteiger partial charge in [-0.25, -0.2) is 9.59 Å². The molecule has 0 spiro atoms. The number of hydrogen-bond acceptors (Lipinski definition) is 9. The Bertz CT molecular complexity index is 1440. The summed E-state index contributed by atoms with van der Waals surface area (Å²) in [5.41, 5.74) is -2.01. The molecule has 3 amide bonds. The highest BCUT2D eigenvalue weighted by Gasteiger charge is 2.62. The van der Waals surface area contributed by atoms with Crippen molar-refractivity contribution >= 4 is 49.9 Å². The zero-order chi connectivity index (χ0) is 32.9. The molecule has 3 saturated carbocycles. The molecule has 5 rings (SSSR count). The number of nitrogens with zero attached hydrogens (tertiary/aromatic N) is 1. The molecule has 4 fully saturated rings. The van der Waals surface area contributed by atoms with Crippen molar-refractivity contribution in [2.24, 2.45) is 23.2 Å². The lowest BCUT2D eigenvalue weighted by Crippen LogP contribution is -2.59. The Balaban J connectivity index is 1.37. The van der Waals surface area contributed by atoms with Gasteiger partial charge in [-0.1, -0.05) is 50.0 Å². The first kappa shape index (κ1) is 33.6. The molecular weight excluding hydrogens is 670 g/mol. The van der Waals surface area contributed by atoms with Crippen molar-refractivity contribution in [2.45, 2.75) is 101 Å². The van der Waals surface area contributed by atoms with Crippen LogP contribution in [0.3, 0.4) is 0 Å². The van der Waals surface area contributed by atoms with Crippen LogP contribution in [-0.4, -0.2) is 80.7 Å². The molecule has 8 atom stereocenters. The van der Waals surface area contributed by atoms with Gasteiger partial charge >= 0.3 is 12.1 Å². The van der Waals surface area contributed by atoms with E-state index in [0.717, 1.165) is 12.8 Å². The molecule has 248 valence electrons. The summed E-state index contributed by atoms with van der Waals surface area (Å²) in [6.07, 6.45) is 1.69. The highest BCUT2D eigenvalue weighted by molar-refractivity contribution is 9.10. The summed E-state index contributed by atoms with van der Waals surface area (Å²) in [4.78, 5) is 54.9. The molecule has 4 aliphatic rings. The smallest absolute Gasteiger partial charge is 0.408 e. The number of carbonyl (C=O) groups is 4. The first-order chi connectivity index (χ1) is 21.1. The van der Waals surface area contributed by atoms with Gasteiger partial charge < -0.3 is 25.0 Å². The summed E-state index contributed by atoms with van der Waals surface area (Å²) in [6, 6.07) is 3.63. The monoisotopic (exact) mass is 711 g/mol. The lowest BCUT2D eigenvalue weighted by Gasteiger charge is -2.35. The van der Waals surface area contributed by atoms with E-state index in [1.165, 1.54) is 30.6 Å². The lowest BCUT2D eigenvalue weighted by molar-refractivity contribution is -0.148. The number of esters is 1. The molecule has 14 heteroatoms. The third kappa shape index (κ3) is 7.17. The van der Waals surface area contributed by atoms with Crippen LogP contribution in [0, 0.1) is 23.2 Å². The SMILES string of the molecule is CC[C@@H]1CC1(NC(=O)[C@@H]1C[C@H](OS(=O)(=O)c2ccc(Br)cc2)CN1C(=O)[C@H](NC(=O)OC1CC2C[C@H]2C1)C(C)(C)C)C(=O)OC. The van der Waals surface area contributed by atoms with E-state index < -0.39 is 63.1 Å². The second-order valence-corrected chi connectivity index (χ2v) is 16.3. The number of benzene rings is 1. The number of hydrogen-bond donors (Lipinski definition) is 2. The van der Waals surface area contributed by atoms with Gasteiger partial charge in [0, 0.05) is 17.4 Å². The van der Waals surface area contributed by atoms with Crippen LogP contribution in [0.15, 0.2) is 33.6 Å². The highest BCUT2D eigenvalue weighted by atomic mass is 79.9. The molecule has 3 unspecified atom stereocenters. The minimum atomic E-state index is -4.25. The van der Waals surface area contributed by atoms with Crippen LogP contribution < -0.4 is 10.6 Å². The average molecular weight is 713 g/mol. The topological polar surface area (TPSA) is 157 Å². The third-order valence-electron chi connectivity index (χ3n) is 9.56. The minimum absolute atomic E-state index is 0.0774. The van der Waals surface area contributed by atoms with Crippen LogP contribution in [0.4, 0.5) is 4.79 Å². The van der Waals surface area contributed by atoms with E-state index in [9.17, 15) is 27.6 Å². The summed E-state index contributed by atoms with van der Waals surface area (Å²) < 4.78 is 43.2. The molecule has 1 aromatic rings. The zero-order valence-corrected chi connectivity index (χ0v) is 28.6. The van der Waals surface area contributed by atoms with Gasteiger partial charge in [-0.3, -0.25) is 13.8 Å². The molecule has 2 N–H and O–H groups in total. The number of likely N-dealkylation sites (tertiary alicyclic amines) is 1. The van der Waals surface area contributed by atoms with Gasteiger partial charge in [0.25, 0.3) is 10.1 Å². The van der Waals surface area contributed by atoms with Gasteiger partial charge in [-0.15, -0.1) is 0 Å². The fourth-order valence-corrected chi connectivity index (χ4v) is 8.17. The van der Waals surface area contributed by atoms with Gasteiger partial charge in [0.2, 0.25) is 11.8 Å². The molecule has 12 nitrogen and oxygen atoms in total. The summed E-state index contributed by atoms with van der Waals surface area (Å²) in [7, 11) is -3.00. The Morgan fingerprint density at radius 2 is 1.69 bits per heavy atom. The third-order valence-corrected chi connectivity index (χ3v) is 11.5. The molecular formula is C31H42BrN3O9S.